The number of aliphatic hydroxyl groups is 1. The number of aryl methyl sites for hydroxylation is 1. The number of halogens is 2. The first-order chi connectivity index (χ1) is 15.5. The lowest BCUT2D eigenvalue weighted by molar-refractivity contribution is -0.0190. The van der Waals surface area contributed by atoms with Crippen molar-refractivity contribution in [2.75, 3.05) is 26.7 Å². The minimum Gasteiger partial charge on any atom is -0.390 e. The van der Waals surface area contributed by atoms with Gasteiger partial charge in [0.15, 0.2) is 0 Å². The van der Waals surface area contributed by atoms with Gasteiger partial charge in [0.25, 0.3) is 5.91 Å². The van der Waals surface area contributed by atoms with Crippen molar-refractivity contribution in [3.05, 3.63) is 58.9 Å². The number of imidazole rings is 1. The number of hydrogen-bond donors (Lipinski definition) is 2. The zero-order valence-corrected chi connectivity index (χ0v) is 18.3. The van der Waals surface area contributed by atoms with E-state index in [9.17, 15) is 9.90 Å². The molecule has 1 aliphatic heterocycles. The van der Waals surface area contributed by atoms with Crippen LogP contribution in [-0.2, 0) is 11.2 Å². The fourth-order valence-corrected chi connectivity index (χ4v) is 3.98. The molecule has 1 saturated heterocycles. The Bertz CT molecular complexity index is 1190. The first-order valence-corrected chi connectivity index (χ1v) is 10.4. The van der Waals surface area contributed by atoms with Crippen LogP contribution >= 0.6 is 0 Å². The van der Waals surface area contributed by atoms with E-state index >= 15 is 8.78 Å². The number of carbonyl (C=O) groups is 1. The summed E-state index contributed by atoms with van der Waals surface area (Å²) in [6.07, 6.45) is 2.02. The molecular weight excluding hydrogens is 428 g/mol. The molecule has 33 heavy (non-hydrogen) atoms. The second-order valence-corrected chi connectivity index (χ2v) is 8.39. The maximum Gasteiger partial charge on any atom is 0.252 e. The minimum absolute atomic E-state index is 0.133. The molecule has 4 rings (SSSR count). The summed E-state index contributed by atoms with van der Waals surface area (Å²) >= 11 is 0. The van der Waals surface area contributed by atoms with Gasteiger partial charge in [-0.2, -0.15) is 0 Å². The van der Waals surface area contributed by atoms with Crippen LogP contribution in [0.1, 0.15) is 21.6 Å². The number of pyridine rings is 1. The molecule has 0 saturated carbocycles. The molecule has 1 amide bonds. The third kappa shape index (κ3) is 5.10. The highest BCUT2D eigenvalue weighted by Gasteiger charge is 2.27. The highest BCUT2D eigenvalue weighted by Crippen LogP contribution is 2.32. The molecule has 1 atom stereocenters. The molecule has 1 fully saturated rings. The number of hydrogen-bond acceptors (Lipinski definition) is 5. The Balaban J connectivity index is 1.79. The maximum atomic E-state index is 15.2. The number of nitrogens with one attached hydrogen (secondary N) is 1. The van der Waals surface area contributed by atoms with E-state index in [4.69, 9.17) is 20.4 Å². The zero-order valence-electron chi connectivity index (χ0n) is 18.3. The molecule has 2 N–H and O–H groups in total. The zero-order chi connectivity index (χ0) is 23.9. The monoisotopic (exact) mass is 450 g/mol. The van der Waals surface area contributed by atoms with Gasteiger partial charge in [-0.25, -0.2) is 13.8 Å². The molecule has 3 heterocycles. The van der Waals surface area contributed by atoms with E-state index < -0.39 is 23.1 Å². The van der Waals surface area contributed by atoms with Crippen LogP contribution in [0.25, 0.3) is 16.9 Å². The lowest BCUT2D eigenvalue weighted by atomic mass is 9.73. The second kappa shape index (κ2) is 8.89. The number of carbonyl (C=O) groups excluding carboxylic acids is 1. The lowest BCUT2D eigenvalue weighted by Crippen LogP contribution is -2.49. The summed E-state index contributed by atoms with van der Waals surface area (Å²) in [6, 6.07) is 5.41. The Morgan fingerprint density at radius 1 is 1.33 bits per heavy atom. The van der Waals surface area contributed by atoms with Crippen molar-refractivity contribution < 1.29 is 23.4 Å². The quantitative estimate of drug-likeness (QED) is 0.451. The number of likely N-dealkylation sites (N-methyl/N-ethyl adjacent to an activating group) is 1. The van der Waals surface area contributed by atoms with E-state index in [-0.39, 0.29) is 22.9 Å². The van der Waals surface area contributed by atoms with Crippen LogP contribution < -0.4 is 5.32 Å². The highest BCUT2D eigenvalue weighted by atomic mass is 19.1. The molecule has 4 radical (unpaired) electrons. The maximum absolute atomic E-state index is 15.2. The van der Waals surface area contributed by atoms with Crippen LogP contribution in [0, 0.1) is 18.6 Å². The van der Waals surface area contributed by atoms with Crippen molar-refractivity contribution in [3.8, 4) is 11.3 Å². The smallest absolute Gasteiger partial charge is 0.252 e. The lowest BCUT2D eigenvalue weighted by Gasteiger charge is -2.30. The summed E-state index contributed by atoms with van der Waals surface area (Å²) in [5.41, 5.74) is -1.05. The van der Waals surface area contributed by atoms with Crippen molar-refractivity contribution >= 4 is 27.2 Å². The van der Waals surface area contributed by atoms with Gasteiger partial charge in [0.2, 0.25) is 0 Å². The molecule has 0 bridgehead atoms. The first kappa shape index (κ1) is 23.4. The van der Waals surface area contributed by atoms with Crippen molar-refractivity contribution in [2.45, 2.75) is 25.0 Å². The van der Waals surface area contributed by atoms with E-state index in [1.54, 1.807) is 4.40 Å². The third-order valence-electron chi connectivity index (χ3n) is 5.50. The molecular formula is C22H22B2F2N4O3. The van der Waals surface area contributed by atoms with Gasteiger partial charge in [-0.05, 0) is 43.8 Å². The average molecular weight is 450 g/mol. The van der Waals surface area contributed by atoms with Crippen LogP contribution in [0.5, 0.6) is 0 Å². The number of nitrogens with zero attached hydrogens (tertiary/aromatic N) is 3. The summed E-state index contributed by atoms with van der Waals surface area (Å²) in [5, 5.41) is 11.2. The summed E-state index contributed by atoms with van der Waals surface area (Å²) in [4.78, 5) is 18.8. The molecule has 0 aliphatic carbocycles. The van der Waals surface area contributed by atoms with Gasteiger partial charge < -0.3 is 24.5 Å². The Morgan fingerprint density at radius 3 is 2.67 bits per heavy atom. The summed E-state index contributed by atoms with van der Waals surface area (Å²) in [6.45, 7) is 3.94. The van der Waals surface area contributed by atoms with Crippen LogP contribution in [-0.4, -0.2) is 79.4 Å². The molecule has 168 valence electrons. The van der Waals surface area contributed by atoms with Gasteiger partial charge in [-0.1, -0.05) is 0 Å². The van der Waals surface area contributed by atoms with Crippen LogP contribution in [0.15, 0.2) is 30.5 Å². The number of ether oxygens (including phenoxy) is 1. The fraction of sp³-hybridized carbons (Fsp3) is 0.364. The molecule has 3 aromatic rings. The van der Waals surface area contributed by atoms with Crippen molar-refractivity contribution in [3.63, 3.8) is 0 Å². The van der Waals surface area contributed by atoms with E-state index in [0.717, 1.165) is 24.2 Å². The molecule has 1 aromatic carbocycles. The number of rotatable bonds is 5. The average Bonchev–Trinajstić information content (AvgIpc) is 3.03. The minimum atomic E-state index is -2.53. The molecule has 0 spiro atoms. The number of benzene rings is 1. The van der Waals surface area contributed by atoms with Crippen molar-refractivity contribution in [1.82, 2.24) is 19.6 Å². The van der Waals surface area contributed by atoms with Crippen LogP contribution in [0.2, 0.25) is 0 Å². The topological polar surface area (TPSA) is 79.1 Å². The van der Waals surface area contributed by atoms with Crippen molar-refractivity contribution in [2.24, 2.45) is 0 Å². The van der Waals surface area contributed by atoms with Crippen LogP contribution in [0.3, 0.4) is 0 Å². The fourth-order valence-electron chi connectivity index (χ4n) is 3.98. The van der Waals surface area contributed by atoms with Gasteiger partial charge in [-0.3, -0.25) is 4.79 Å². The SMILES string of the molecule is [B]C([B])(O)NC(=O)c1cc(F)c(-c2nc3cc(C)ccn3c2CC2CN(C)CCO2)c(F)c1. The van der Waals surface area contributed by atoms with Gasteiger partial charge in [0.05, 0.1) is 29.7 Å². The number of amides is 1. The van der Waals surface area contributed by atoms with Gasteiger partial charge in [0.1, 0.15) is 33.0 Å². The second-order valence-electron chi connectivity index (χ2n) is 8.39. The van der Waals surface area contributed by atoms with E-state index in [2.05, 4.69) is 9.88 Å². The summed E-state index contributed by atoms with van der Waals surface area (Å²) in [5.74, 6) is -3.00. The standard InChI is InChI=1S/C22H22B2F2N4O3/c1-12-3-4-30-17(10-14-11-29(2)5-6-33-14)20(27-18(30)7-12)19-15(25)8-13(9-16(19)26)21(31)28-22(23,24)32/h3-4,7-9,14,32H,5-6,10-11H2,1-2H3,(H,28,31). The first-order valence-electron chi connectivity index (χ1n) is 10.4. The van der Waals surface area contributed by atoms with Gasteiger partial charge >= 0.3 is 0 Å². The summed E-state index contributed by atoms with van der Waals surface area (Å²) < 4.78 is 38.0. The molecule has 1 aliphatic rings. The molecule has 1 unspecified atom stereocenters. The predicted molar refractivity (Wildman–Crippen MR) is 120 cm³/mol. The largest absolute Gasteiger partial charge is 0.390 e. The number of morpholine rings is 1. The molecule has 11 heteroatoms. The highest BCUT2D eigenvalue weighted by molar-refractivity contribution is 6.39. The number of aromatic nitrogens is 2. The van der Waals surface area contributed by atoms with Crippen LogP contribution in [0.4, 0.5) is 8.78 Å². The molecule has 7 nitrogen and oxygen atoms in total. The Labute approximate surface area is 192 Å². The van der Waals surface area contributed by atoms with E-state index in [1.165, 1.54) is 0 Å². The van der Waals surface area contributed by atoms with E-state index in [0.29, 0.717) is 30.9 Å². The Hall–Kier alpha value is -2.75. The van der Waals surface area contributed by atoms with Gasteiger partial charge in [-0.15, -0.1) is 0 Å². The normalized spacial score (nSPS) is 17.4. The molecule has 2 aromatic heterocycles. The van der Waals surface area contributed by atoms with Gasteiger partial charge in [0, 0.05) is 36.8 Å². The van der Waals surface area contributed by atoms with Crippen molar-refractivity contribution in [1.29, 1.82) is 0 Å². The summed E-state index contributed by atoms with van der Waals surface area (Å²) in [7, 11) is 12.2. The third-order valence-corrected chi connectivity index (χ3v) is 5.50. The Morgan fingerprint density at radius 2 is 2.03 bits per heavy atom. The van der Waals surface area contributed by atoms with E-state index in [1.807, 2.05) is 37.6 Å². The Kier molecular flexibility index (Phi) is 6.30. The predicted octanol–water partition coefficient (Wildman–Crippen LogP) is 1.13. The number of fused-ring (bicyclic) bond motifs is 1.